The van der Waals surface area contributed by atoms with Crippen molar-refractivity contribution >= 4 is 23.0 Å². The first-order valence-corrected chi connectivity index (χ1v) is 8.01. The van der Waals surface area contributed by atoms with Crippen molar-refractivity contribution in [1.82, 2.24) is 15.1 Å². The second-order valence-electron chi connectivity index (χ2n) is 5.92. The van der Waals surface area contributed by atoms with E-state index in [1.54, 1.807) is 0 Å². The zero-order valence-electron chi connectivity index (χ0n) is 13.7. The lowest BCUT2D eigenvalue weighted by Crippen LogP contribution is -2.31. The Morgan fingerprint density at radius 2 is 1.91 bits per heavy atom. The highest BCUT2D eigenvalue weighted by atomic mass is 32.1. The number of aryl methyl sites for hydroxylation is 1. The van der Waals surface area contributed by atoms with Gasteiger partial charge in [0.05, 0.1) is 23.6 Å². The highest BCUT2D eigenvalue weighted by Crippen LogP contribution is 2.20. The minimum atomic E-state index is 0.558. The molecular weight excluding hydrogens is 292 g/mol. The Bertz CT molecular complexity index is 632. The van der Waals surface area contributed by atoms with Crippen molar-refractivity contribution in [2.45, 2.75) is 34.2 Å². The van der Waals surface area contributed by atoms with Crippen molar-refractivity contribution in [3.05, 3.63) is 47.3 Å². The number of nitrogens with one attached hydrogen (secondary N) is 2. The van der Waals surface area contributed by atoms with Gasteiger partial charge in [-0.3, -0.25) is 4.68 Å². The SMILES string of the molecule is Cc1nn(Cc2ccccc2)c(C)c1NC(=S)NCC(C)C. The molecule has 0 fully saturated rings. The van der Waals surface area contributed by atoms with Crippen molar-refractivity contribution in [2.75, 3.05) is 11.9 Å². The maximum atomic E-state index is 5.35. The number of hydrogen-bond acceptors (Lipinski definition) is 2. The van der Waals surface area contributed by atoms with Gasteiger partial charge >= 0.3 is 0 Å². The Balaban J connectivity index is 2.08. The van der Waals surface area contributed by atoms with Crippen LogP contribution >= 0.6 is 12.2 Å². The molecular formula is C17H24N4S. The number of benzene rings is 1. The maximum Gasteiger partial charge on any atom is 0.170 e. The fourth-order valence-corrected chi connectivity index (χ4v) is 2.43. The van der Waals surface area contributed by atoms with E-state index in [9.17, 15) is 0 Å². The van der Waals surface area contributed by atoms with Gasteiger partial charge in [-0.15, -0.1) is 0 Å². The van der Waals surface area contributed by atoms with Crippen molar-refractivity contribution in [2.24, 2.45) is 5.92 Å². The Labute approximate surface area is 137 Å². The lowest BCUT2D eigenvalue weighted by atomic mass is 10.2. The molecule has 0 atom stereocenters. The predicted octanol–water partition coefficient (Wildman–Crippen LogP) is 3.49. The van der Waals surface area contributed by atoms with Crippen LogP contribution in [0.5, 0.6) is 0 Å². The summed E-state index contributed by atoms with van der Waals surface area (Å²) in [5.74, 6) is 0.558. The van der Waals surface area contributed by atoms with Crippen LogP contribution in [0.3, 0.4) is 0 Å². The van der Waals surface area contributed by atoms with E-state index in [0.717, 1.165) is 30.2 Å². The van der Waals surface area contributed by atoms with E-state index >= 15 is 0 Å². The zero-order valence-corrected chi connectivity index (χ0v) is 14.5. The van der Waals surface area contributed by atoms with Crippen LogP contribution < -0.4 is 10.6 Å². The molecule has 2 rings (SSSR count). The molecule has 0 radical (unpaired) electrons. The van der Waals surface area contributed by atoms with Crippen LogP contribution in [-0.4, -0.2) is 21.4 Å². The number of anilines is 1. The highest BCUT2D eigenvalue weighted by Gasteiger charge is 2.13. The summed E-state index contributed by atoms with van der Waals surface area (Å²) in [6.07, 6.45) is 0. The molecule has 1 aromatic carbocycles. The van der Waals surface area contributed by atoms with Gasteiger partial charge in [0.25, 0.3) is 0 Å². The Morgan fingerprint density at radius 3 is 2.55 bits per heavy atom. The minimum absolute atomic E-state index is 0.558. The zero-order chi connectivity index (χ0) is 16.1. The van der Waals surface area contributed by atoms with Gasteiger partial charge in [0.15, 0.2) is 5.11 Å². The van der Waals surface area contributed by atoms with E-state index in [-0.39, 0.29) is 0 Å². The van der Waals surface area contributed by atoms with Gasteiger partial charge in [-0.05, 0) is 37.5 Å². The van der Waals surface area contributed by atoms with Gasteiger partial charge in [-0.25, -0.2) is 0 Å². The third-order valence-electron chi connectivity index (χ3n) is 3.47. The van der Waals surface area contributed by atoms with Gasteiger partial charge in [-0.1, -0.05) is 44.2 Å². The highest BCUT2D eigenvalue weighted by molar-refractivity contribution is 7.80. The summed E-state index contributed by atoms with van der Waals surface area (Å²) in [5.41, 5.74) is 4.29. The monoisotopic (exact) mass is 316 g/mol. The molecule has 0 saturated carbocycles. The molecule has 0 aliphatic rings. The second kappa shape index (κ2) is 7.40. The van der Waals surface area contributed by atoms with Crippen LogP contribution in [0.25, 0.3) is 0 Å². The van der Waals surface area contributed by atoms with Crippen molar-refractivity contribution in [3.8, 4) is 0 Å². The molecule has 0 saturated heterocycles. The van der Waals surface area contributed by atoms with Gasteiger partial charge < -0.3 is 10.6 Å². The molecule has 118 valence electrons. The molecule has 2 N–H and O–H groups in total. The first kappa shape index (κ1) is 16.5. The average Bonchev–Trinajstić information content (AvgIpc) is 2.74. The number of thiocarbonyl (C=S) groups is 1. The number of rotatable bonds is 5. The van der Waals surface area contributed by atoms with Crippen LogP contribution in [0.2, 0.25) is 0 Å². The Morgan fingerprint density at radius 1 is 1.23 bits per heavy atom. The largest absolute Gasteiger partial charge is 0.362 e. The fourth-order valence-electron chi connectivity index (χ4n) is 2.24. The summed E-state index contributed by atoms with van der Waals surface area (Å²) in [7, 11) is 0. The summed E-state index contributed by atoms with van der Waals surface area (Å²) in [6, 6.07) is 10.3. The molecule has 1 heterocycles. The number of aromatic nitrogens is 2. The normalized spacial score (nSPS) is 10.8. The molecule has 2 aromatic rings. The van der Waals surface area contributed by atoms with Crippen LogP contribution in [0.1, 0.15) is 30.8 Å². The molecule has 0 aliphatic carbocycles. The maximum absolute atomic E-state index is 5.35. The van der Waals surface area contributed by atoms with Gasteiger partial charge in [-0.2, -0.15) is 5.10 Å². The quantitative estimate of drug-likeness (QED) is 0.829. The van der Waals surface area contributed by atoms with Crippen LogP contribution in [0.15, 0.2) is 30.3 Å². The average molecular weight is 316 g/mol. The van der Waals surface area contributed by atoms with Gasteiger partial charge in [0.2, 0.25) is 0 Å². The first-order valence-electron chi connectivity index (χ1n) is 7.60. The number of nitrogens with zero attached hydrogens (tertiary/aromatic N) is 2. The topological polar surface area (TPSA) is 41.9 Å². The number of hydrogen-bond donors (Lipinski definition) is 2. The summed E-state index contributed by atoms with van der Waals surface area (Å²) < 4.78 is 2.01. The van der Waals surface area contributed by atoms with E-state index in [0.29, 0.717) is 11.0 Å². The van der Waals surface area contributed by atoms with Crippen LogP contribution in [0, 0.1) is 19.8 Å². The van der Waals surface area contributed by atoms with Crippen LogP contribution in [-0.2, 0) is 6.54 Å². The summed E-state index contributed by atoms with van der Waals surface area (Å²) in [4.78, 5) is 0. The smallest absolute Gasteiger partial charge is 0.170 e. The van der Waals surface area contributed by atoms with Gasteiger partial charge in [0, 0.05) is 6.54 Å². The molecule has 0 aliphatic heterocycles. The molecule has 1 aromatic heterocycles. The fraction of sp³-hybridized carbons (Fsp3) is 0.412. The second-order valence-corrected chi connectivity index (χ2v) is 6.33. The molecule has 0 spiro atoms. The van der Waals surface area contributed by atoms with E-state index in [1.165, 1.54) is 5.56 Å². The lowest BCUT2D eigenvalue weighted by Gasteiger charge is -2.12. The predicted molar refractivity (Wildman–Crippen MR) is 96.3 cm³/mol. The standard InChI is InChI=1S/C17H24N4S/c1-12(2)10-18-17(22)19-16-13(3)20-21(14(16)4)11-15-8-6-5-7-9-15/h5-9,12H,10-11H2,1-4H3,(H2,18,19,22). The Hall–Kier alpha value is -1.88. The van der Waals surface area contributed by atoms with E-state index in [4.69, 9.17) is 12.2 Å². The third-order valence-corrected chi connectivity index (χ3v) is 3.71. The van der Waals surface area contributed by atoms with Crippen molar-refractivity contribution in [3.63, 3.8) is 0 Å². The van der Waals surface area contributed by atoms with Gasteiger partial charge in [0.1, 0.15) is 0 Å². The van der Waals surface area contributed by atoms with Crippen molar-refractivity contribution < 1.29 is 0 Å². The molecule has 0 bridgehead atoms. The minimum Gasteiger partial charge on any atom is -0.362 e. The summed E-state index contributed by atoms with van der Waals surface area (Å²) in [6.45, 7) is 10.0. The molecule has 5 heteroatoms. The van der Waals surface area contributed by atoms with E-state index < -0.39 is 0 Å². The molecule has 22 heavy (non-hydrogen) atoms. The molecule has 4 nitrogen and oxygen atoms in total. The Kier molecular flexibility index (Phi) is 5.55. The van der Waals surface area contributed by atoms with E-state index in [1.807, 2.05) is 29.8 Å². The third kappa shape index (κ3) is 4.31. The molecule has 0 unspecified atom stereocenters. The summed E-state index contributed by atoms with van der Waals surface area (Å²) in [5, 5.41) is 11.8. The van der Waals surface area contributed by atoms with Crippen molar-refractivity contribution in [1.29, 1.82) is 0 Å². The van der Waals surface area contributed by atoms with E-state index in [2.05, 4.69) is 48.6 Å². The lowest BCUT2D eigenvalue weighted by molar-refractivity contribution is 0.627. The molecule has 0 amide bonds. The van der Waals surface area contributed by atoms with Crippen LogP contribution in [0.4, 0.5) is 5.69 Å². The first-order chi connectivity index (χ1) is 10.5. The summed E-state index contributed by atoms with van der Waals surface area (Å²) >= 11 is 5.35.